The molecule has 3 rings (SSSR count). The van der Waals surface area contributed by atoms with Crippen LogP contribution >= 0.6 is 0 Å². The molecule has 134 valence electrons. The van der Waals surface area contributed by atoms with Gasteiger partial charge in [0.1, 0.15) is 5.82 Å². The van der Waals surface area contributed by atoms with Gasteiger partial charge in [0.15, 0.2) is 11.5 Å². The van der Waals surface area contributed by atoms with Crippen molar-refractivity contribution >= 4 is 17.4 Å². The molecule has 10 heteroatoms. The average Bonchev–Trinajstić information content (AvgIpc) is 2.97. The molecule has 1 aromatic heterocycles. The number of para-hydroxylation sites is 1. The maximum atomic E-state index is 13.0. The van der Waals surface area contributed by atoms with Gasteiger partial charge in [-0.3, -0.25) is 4.79 Å². The van der Waals surface area contributed by atoms with Gasteiger partial charge in [0.05, 0.1) is 16.9 Å². The molecule has 0 aliphatic rings. The molecule has 0 bridgehead atoms. The first kappa shape index (κ1) is 17.4. The van der Waals surface area contributed by atoms with Crippen molar-refractivity contribution in [3.8, 4) is 5.69 Å². The second-order valence-corrected chi connectivity index (χ2v) is 5.21. The Labute approximate surface area is 144 Å². The van der Waals surface area contributed by atoms with E-state index >= 15 is 0 Å². The summed E-state index contributed by atoms with van der Waals surface area (Å²) in [5, 5.41) is 9.42. The van der Waals surface area contributed by atoms with Crippen LogP contribution in [0.4, 0.5) is 29.1 Å². The fraction of sp³-hybridized carbons (Fsp3) is 0.0625. The van der Waals surface area contributed by atoms with E-state index in [1.807, 2.05) is 0 Å². The number of amides is 1. The second-order valence-electron chi connectivity index (χ2n) is 5.21. The molecule has 1 heterocycles. The number of hydrogen-bond donors (Lipinski definition) is 2. The number of carbonyl (C=O) groups excluding carboxylic acids is 1. The number of hydrogen-bond acceptors (Lipinski definition) is 4. The molecule has 26 heavy (non-hydrogen) atoms. The lowest BCUT2D eigenvalue weighted by molar-refractivity contribution is -0.136. The van der Waals surface area contributed by atoms with Crippen molar-refractivity contribution in [2.45, 2.75) is 6.18 Å². The van der Waals surface area contributed by atoms with E-state index in [0.717, 1.165) is 28.9 Å². The topological polar surface area (TPSA) is 85.8 Å². The van der Waals surface area contributed by atoms with Crippen molar-refractivity contribution < 1.29 is 22.4 Å². The van der Waals surface area contributed by atoms with Crippen molar-refractivity contribution in [2.75, 3.05) is 11.1 Å². The fourth-order valence-corrected chi connectivity index (χ4v) is 2.24. The van der Waals surface area contributed by atoms with Crippen molar-refractivity contribution in [3.63, 3.8) is 0 Å². The summed E-state index contributed by atoms with van der Waals surface area (Å²) in [7, 11) is 0. The van der Waals surface area contributed by atoms with Crippen molar-refractivity contribution in [1.29, 1.82) is 0 Å². The SMILES string of the molecule is Nc1c(C(=O)Nc2ccccc2C(F)(F)F)nnn1-c1ccc(F)cc1. The molecule has 0 fully saturated rings. The minimum absolute atomic E-state index is 0.196. The van der Waals surface area contributed by atoms with Crippen LogP contribution in [0.1, 0.15) is 16.1 Å². The van der Waals surface area contributed by atoms with Gasteiger partial charge in [-0.2, -0.15) is 17.9 Å². The molecule has 0 aliphatic heterocycles. The molecule has 0 saturated carbocycles. The minimum Gasteiger partial charge on any atom is -0.382 e. The predicted octanol–water partition coefficient (Wildman–Crippen LogP) is 3.26. The number of halogens is 4. The summed E-state index contributed by atoms with van der Waals surface area (Å²) >= 11 is 0. The van der Waals surface area contributed by atoms with Gasteiger partial charge >= 0.3 is 6.18 Å². The Bertz CT molecular complexity index is 950. The highest BCUT2D eigenvalue weighted by molar-refractivity contribution is 6.06. The fourth-order valence-electron chi connectivity index (χ4n) is 2.24. The number of nitrogen functional groups attached to an aromatic ring is 1. The molecule has 0 atom stereocenters. The lowest BCUT2D eigenvalue weighted by Gasteiger charge is -2.12. The first-order chi connectivity index (χ1) is 12.3. The van der Waals surface area contributed by atoms with E-state index in [-0.39, 0.29) is 11.5 Å². The van der Waals surface area contributed by atoms with Crippen LogP contribution in [0, 0.1) is 5.82 Å². The minimum atomic E-state index is -4.64. The van der Waals surface area contributed by atoms with Gasteiger partial charge in [0.2, 0.25) is 0 Å². The molecular formula is C16H11F4N5O. The van der Waals surface area contributed by atoms with Gasteiger partial charge < -0.3 is 11.1 Å². The average molecular weight is 365 g/mol. The molecular weight excluding hydrogens is 354 g/mol. The van der Waals surface area contributed by atoms with Crippen LogP contribution in [-0.4, -0.2) is 20.9 Å². The van der Waals surface area contributed by atoms with Gasteiger partial charge in [-0.1, -0.05) is 17.3 Å². The Morgan fingerprint density at radius 2 is 1.73 bits per heavy atom. The third kappa shape index (κ3) is 3.34. The number of anilines is 2. The molecule has 0 unspecified atom stereocenters. The molecule has 6 nitrogen and oxygen atoms in total. The van der Waals surface area contributed by atoms with Gasteiger partial charge in [-0.25, -0.2) is 4.39 Å². The number of nitrogens with zero attached hydrogens (tertiary/aromatic N) is 3. The number of nitrogens with two attached hydrogens (primary N) is 1. The number of aromatic nitrogens is 3. The molecule has 3 aromatic rings. The summed E-state index contributed by atoms with van der Waals surface area (Å²) in [6, 6.07) is 9.56. The number of nitrogens with one attached hydrogen (secondary N) is 1. The van der Waals surface area contributed by atoms with Crippen LogP contribution in [0.25, 0.3) is 5.69 Å². The van der Waals surface area contributed by atoms with Gasteiger partial charge in [0, 0.05) is 0 Å². The summed E-state index contributed by atoms with van der Waals surface area (Å²) in [5.74, 6) is -1.62. The predicted molar refractivity (Wildman–Crippen MR) is 85.1 cm³/mol. The summed E-state index contributed by atoms with van der Waals surface area (Å²) < 4.78 is 53.1. The van der Waals surface area contributed by atoms with E-state index in [9.17, 15) is 22.4 Å². The van der Waals surface area contributed by atoms with Gasteiger partial charge in [-0.15, -0.1) is 5.10 Å². The van der Waals surface area contributed by atoms with Crippen molar-refractivity contribution in [2.24, 2.45) is 0 Å². The first-order valence-electron chi connectivity index (χ1n) is 7.22. The van der Waals surface area contributed by atoms with Crippen LogP contribution in [-0.2, 0) is 6.18 Å². The zero-order chi connectivity index (χ0) is 18.9. The van der Waals surface area contributed by atoms with E-state index < -0.39 is 29.2 Å². The van der Waals surface area contributed by atoms with E-state index in [2.05, 4.69) is 15.6 Å². The highest BCUT2D eigenvalue weighted by atomic mass is 19.4. The monoisotopic (exact) mass is 365 g/mol. The first-order valence-corrected chi connectivity index (χ1v) is 7.22. The molecule has 2 aromatic carbocycles. The van der Waals surface area contributed by atoms with Crippen LogP contribution in [0.2, 0.25) is 0 Å². The van der Waals surface area contributed by atoms with E-state index in [1.54, 1.807) is 0 Å². The second kappa shape index (κ2) is 6.47. The normalized spacial score (nSPS) is 11.4. The number of alkyl halides is 3. The summed E-state index contributed by atoms with van der Waals surface area (Å²) in [4.78, 5) is 12.3. The number of benzene rings is 2. The Hall–Kier alpha value is -3.43. The highest BCUT2D eigenvalue weighted by Gasteiger charge is 2.34. The standard InChI is InChI=1S/C16H11F4N5O/c17-9-5-7-10(8-6-9)25-14(21)13(23-24-25)15(26)22-12-4-2-1-3-11(12)16(18,19)20/h1-8H,21H2,(H,22,26). The zero-order valence-electron chi connectivity index (χ0n) is 13.0. The van der Waals surface area contributed by atoms with Crippen LogP contribution in [0.5, 0.6) is 0 Å². The molecule has 1 amide bonds. The highest BCUT2D eigenvalue weighted by Crippen LogP contribution is 2.34. The van der Waals surface area contributed by atoms with Crippen molar-refractivity contribution in [1.82, 2.24) is 15.0 Å². The van der Waals surface area contributed by atoms with E-state index in [0.29, 0.717) is 5.69 Å². The largest absolute Gasteiger partial charge is 0.418 e. The van der Waals surface area contributed by atoms with Crippen LogP contribution in [0.15, 0.2) is 48.5 Å². The molecule has 0 spiro atoms. The van der Waals surface area contributed by atoms with Crippen LogP contribution < -0.4 is 11.1 Å². The Balaban J connectivity index is 1.90. The molecule has 0 aliphatic carbocycles. The van der Waals surface area contributed by atoms with E-state index in [1.165, 1.54) is 24.3 Å². The Morgan fingerprint density at radius 3 is 2.38 bits per heavy atom. The molecule has 0 saturated heterocycles. The third-order valence-corrected chi connectivity index (χ3v) is 3.47. The summed E-state index contributed by atoms with van der Waals surface area (Å²) in [6.07, 6.45) is -4.64. The zero-order valence-corrected chi connectivity index (χ0v) is 13.0. The summed E-state index contributed by atoms with van der Waals surface area (Å²) in [6.45, 7) is 0. The Morgan fingerprint density at radius 1 is 1.08 bits per heavy atom. The lowest BCUT2D eigenvalue weighted by atomic mass is 10.1. The maximum Gasteiger partial charge on any atom is 0.418 e. The quantitative estimate of drug-likeness (QED) is 0.698. The Kier molecular flexibility index (Phi) is 4.33. The lowest BCUT2D eigenvalue weighted by Crippen LogP contribution is -2.18. The van der Waals surface area contributed by atoms with Crippen LogP contribution in [0.3, 0.4) is 0 Å². The number of rotatable bonds is 3. The van der Waals surface area contributed by atoms with E-state index in [4.69, 9.17) is 5.73 Å². The molecule has 0 radical (unpaired) electrons. The summed E-state index contributed by atoms with van der Waals surface area (Å²) in [5.41, 5.74) is 4.36. The number of carbonyl (C=O) groups is 1. The van der Waals surface area contributed by atoms with Gasteiger partial charge in [0.25, 0.3) is 5.91 Å². The van der Waals surface area contributed by atoms with Gasteiger partial charge in [-0.05, 0) is 36.4 Å². The molecule has 3 N–H and O–H groups in total. The third-order valence-electron chi connectivity index (χ3n) is 3.47. The maximum absolute atomic E-state index is 13.0. The smallest absolute Gasteiger partial charge is 0.382 e. The van der Waals surface area contributed by atoms with Crippen molar-refractivity contribution in [3.05, 3.63) is 65.6 Å².